The first-order valence-corrected chi connectivity index (χ1v) is 4.87. The van der Waals surface area contributed by atoms with Gasteiger partial charge < -0.3 is 4.74 Å². The van der Waals surface area contributed by atoms with E-state index in [1.165, 1.54) is 0 Å². The summed E-state index contributed by atoms with van der Waals surface area (Å²) in [7, 11) is 0. The maximum Gasteiger partial charge on any atom is 0.334 e. The summed E-state index contributed by atoms with van der Waals surface area (Å²) in [5.74, 6) is -0.141. The first kappa shape index (κ1) is 10.0. The number of hydrogen-bond donors (Lipinski definition) is 0. The maximum atomic E-state index is 11.3. The van der Waals surface area contributed by atoms with Crippen molar-refractivity contribution in [2.45, 2.75) is 32.6 Å². The third-order valence-corrected chi connectivity index (χ3v) is 2.01. The van der Waals surface area contributed by atoms with Crippen LogP contribution >= 0.6 is 0 Å². The molecule has 0 saturated carbocycles. The van der Waals surface area contributed by atoms with Crippen LogP contribution in [0.3, 0.4) is 0 Å². The topological polar surface area (TPSA) is 26.3 Å². The molecule has 0 aliphatic heterocycles. The first-order chi connectivity index (χ1) is 6.34. The first-order valence-electron chi connectivity index (χ1n) is 4.87. The van der Waals surface area contributed by atoms with Gasteiger partial charge in [0.05, 0.1) is 6.61 Å². The monoisotopic (exact) mass is 180 g/mol. The lowest BCUT2D eigenvalue weighted by atomic mass is 10.1. The number of esters is 1. The molecule has 72 valence electrons. The number of carbonyl (C=O) groups is 1. The molecule has 0 bridgehead atoms. The number of allylic oxidation sites excluding steroid dienone is 3. The third-order valence-electron chi connectivity index (χ3n) is 2.01. The minimum atomic E-state index is -0.141. The predicted octanol–water partition coefficient (Wildman–Crippen LogP) is 2.61. The second-order valence-electron chi connectivity index (χ2n) is 3.15. The van der Waals surface area contributed by atoms with E-state index in [9.17, 15) is 4.79 Å². The van der Waals surface area contributed by atoms with Crippen LogP contribution in [0.2, 0.25) is 0 Å². The molecule has 0 fully saturated rings. The van der Waals surface area contributed by atoms with E-state index in [1.807, 2.05) is 12.2 Å². The Kier molecular flexibility index (Phi) is 4.30. The van der Waals surface area contributed by atoms with Gasteiger partial charge in [-0.05, 0) is 19.3 Å². The van der Waals surface area contributed by atoms with Gasteiger partial charge in [0.25, 0.3) is 0 Å². The maximum absolute atomic E-state index is 11.3. The fourth-order valence-corrected chi connectivity index (χ4v) is 1.17. The summed E-state index contributed by atoms with van der Waals surface area (Å²) >= 11 is 0. The molecule has 0 saturated heterocycles. The van der Waals surface area contributed by atoms with E-state index < -0.39 is 0 Å². The van der Waals surface area contributed by atoms with Crippen LogP contribution < -0.4 is 0 Å². The summed E-state index contributed by atoms with van der Waals surface area (Å²) in [6.07, 6.45) is 9.61. The van der Waals surface area contributed by atoms with Crippen LogP contribution in [0.1, 0.15) is 32.6 Å². The lowest BCUT2D eigenvalue weighted by Gasteiger charge is -2.08. The van der Waals surface area contributed by atoms with E-state index in [4.69, 9.17) is 4.74 Å². The molecule has 0 radical (unpaired) electrons. The van der Waals surface area contributed by atoms with Gasteiger partial charge in [0.15, 0.2) is 0 Å². The van der Waals surface area contributed by atoms with Gasteiger partial charge in [0, 0.05) is 5.57 Å². The lowest BCUT2D eigenvalue weighted by Crippen LogP contribution is -2.09. The number of ether oxygens (including phenoxy) is 1. The van der Waals surface area contributed by atoms with Gasteiger partial charge >= 0.3 is 5.97 Å². The second kappa shape index (κ2) is 5.57. The highest BCUT2D eigenvalue weighted by Gasteiger charge is 2.10. The predicted molar refractivity (Wildman–Crippen MR) is 52.3 cm³/mol. The molecular formula is C11H16O2. The SMILES string of the molecule is CCCCOC(=O)C1=CC=CCC1. The Labute approximate surface area is 79.3 Å². The number of carbonyl (C=O) groups excluding carboxylic acids is 1. The molecule has 1 aliphatic carbocycles. The molecule has 0 amide bonds. The highest BCUT2D eigenvalue weighted by atomic mass is 16.5. The van der Waals surface area contributed by atoms with Crippen LogP contribution in [0, 0.1) is 0 Å². The summed E-state index contributed by atoms with van der Waals surface area (Å²) in [6.45, 7) is 2.63. The van der Waals surface area contributed by atoms with E-state index in [0.29, 0.717) is 6.61 Å². The van der Waals surface area contributed by atoms with Gasteiger partial charge in [-0.15, -0.1) is 0 Å². The summed E-state index contributed by atoms with van der Waals surface area (Å²) in [5, 5.41) is 0. The van der Waals surface area contributed by atoms with Gasteiger partial charge in [0.1, 0.15) is 0 Å². The fourth-order valence-electron chi connectivity index (χ4n) is 1.17. The summed E-state index contributed by atoms with van der Waals surface area (Å²) in [6, 6.07) is 0. The standard InChI is InChI=1S/C11H16O2/c1-2-3-9-13-11(12)10-7-5-4-6-8-10/h4-5,7H,2-3,6,8-9H2,1H3. The van der Waals surface area contributed by atoms with Gasteiger partial charge in [-0.1, -0.05) is 31.6 Å². The summed E-state index contributed by atoms with van der Waals surface area (Å²) in [4.78, 5) is 11.3. The average Bonchev–Trinajstić information content (AvgIpc) is 2.19. The molecule has 0 spiro atoms. The van der Waals surface area contributed by atoms with Crippen molar-refractivity contribution < 1.29 is 9.53 Å². The molecular weight excluding hydrogens is 164 g/mol. The molecule has 0 N–H and O–H groups in total. The van der Waals surface area contributed by atoms with E-state index in [2.05, 4.69) is 13.0 Å². The Morgan fingerprint density at radius 3 is 3.08 bits per heavy atom. The molecule has 0 atom stereocenters. The Morgan fingerprint density at radius 1 is 1.62 bits per heavy atom. The van der Waals surface area contributed by atoms with Crippen LogP contribution in [-0.4, -0.2) is 12.6 Å². The van der Waals surface area contributed by atoms with Crippen LogP contribution in [0.5, 0.6) is 0 Å². The zero-order valence-electron chi connectivity index (χ0n) is 8.08. The molecule has 1 rings (SSSR count). The highest BCUT2D eigenvalue weighted by Crippen LogP contribution is 2.13. The number of hydrogen-bond acceptors (Lipinski definition) is 2. The Hall–Kier alpha value is -1.05. The van der Waals surface area contributed by atoms with Crippen molar-refractivity contribution in [3.8, 4) is 0 Å². The van der Waals surface area contributed by atoms with Gasteiger partial charge in [-0.2, -0.15) is 0 Å². The Bertz CT molecular complexity index is 226. The van der Waals surface area contributed by atoms with E-state index in [0.717, 1.165) is 31.3 Å². The number of unbranched alkanes of at least 4 members (excludes halogenated alkanes) is 1. The van der Waals surface area contributed by atoms with E-state index in [-0.39, 0.29) is 5.97 Å². The quantitative estimate of drug-likeness (QED) is 0.491. The zero-order chi connectivity index (χ0) is 9.52. The molecule has 1 aliphatic rings. The average molecular weight is 180 g/mol. The van der Waals surface area contributed by atoms with Crippen molar-refractivity contribution in [1.82, 2.24) is 0 Å². The molecule has 2 heteroatoms. The molecule has 13 heavy (non-hydrogen) atoms. The smallest absolute Gasteiger partial charge is 0.334 e. The van der Waals surface area contributed by atoms with Crippen molar-refractivity contribution in [2.24, 2.45) is 0 Å². The third kappa shape index (κ3) is 3.45. The minimum absolute atomic E-state index is 0.141. The molecule has 0 aromatic rings. The van der Waals surface area contributed by atoms with Crippen molar-refractivity contribution >= 4 is 5.97 Å². The summed E-state index contributed by atoms with van der Waals surface area (Å²) in [5.41, 5.74) is 0.804. The van der Waals surface area contributed by atoms with Gasteiger partial charge in [-0.3, -0.25) is 0 Å². The van der Waals surface area contributed by atoms with Crippen molar-refractivity contribution in [1.29, 1.82) is 0 Å². The van der Waals surface area contributed by atoms with Crippen LogP contribution in [0.15, 0.2) is 23.8 Å². The van der Waals surface area contributed by atoms with Crippen LogP contribution in [0.4, 0.5) is 0 Å². The second-order valence-corrected chi connectivity index (χ2v) is 3.15. The van der Waals surface area contributed by atoms with Gasteiger partial charge in [-0.25, -0.2) is 4.79 Å². The lowest BCUT2D eigenvalue weighted by molar-refractivity contribution is -0.139. The van der Waals surface area contributed by atoms with Crippen LogP contribution in [0.25, 0.3) is 0 Å². The molecule has 0 heterocycles. The van der Waals surface area contributed by atoms with Crippen molar-refractivity contribution in [3.63, 3.8) is 0 Å². The van der Waals surface area contributed by atoms with Crippen molar-refractivity contribution in [2.75, 3.05) is 6.61 Å². The molecule has 0 unspecified atom stereocenters. The van der Waals surface area contributed by atoms with Crippen molar-refractivity contribution in [3.05, 3.63) is 23.8 Å². The highest BCUT2D eigenvalue weighted by molar-refractivity contribution is 5.89. The Balaban J connectivity index is 2.30. The zero-order valence-corrected chi connectivity index (χ0v) is 8.08. The van der Waals surface area contributed by atoms with Crippen LogP contribution in [-0.2, 0) is 9.53 Å². The largest absolute Gasteiger partial charge is 0.462 e. The molecule has 0 aromatic carbocycles. The summed E-state index contributed by atoms with van der Waals surface area (Å²) < 4.78 is 5.08. The van der Waals surface area contributed by atoms with Gasteiger partial charge in [0.2, 0.25) is 0 Å². The fraction of sp³-hybridized carbons (Fsp3) is 0.545. The van der Waals surface area contributed by atoms with E-state index in [1.54, 1.807) is 0 Å². The Morgan fingerprint density at radius 2 is 2.46 bits per heavy atom. The van der Waals surface area contributed by atoms with E-state index >= 15 is 0 Å². The normalized spacial score (nSPS) is 15.3. The minimum Gasteiger partial charge on any atom is -0.462 e. The molecule has 2 nitrogen and oxygen atoms in total. The number of rotatable bonds is 4. The molecule has 0 aromatic heterocycles.